The fourth-order valence-electron chi connectivity index (χ4n) is 1.76. The molecule has 0 amide bonds. The molecule has 0 N–H and O–H groups in total. The van der Waals surface area contributed by atoms with Crippen LogP contribution in [0, 0.1) is 0 Å². The largest absolute Gasteiger partial charge is 0.323 e. The molecule has 86 valence electrons. The standard InChI is InChI=1S/C12H27FSi/c1-2-3-4-5-6-7-8-9-10-11-12-14-13/h2-12,14H2,1H3. The maximum atomic E-state index is 11.9. The van der Waals surface area contributed by atoms with Gasteiger partial charge in [0.2, 0.25) is 9.85 Å². The molecule has 0 aliphatic carbocycles. The molecule has 0 nitrogen and oxygen atoms in total. The highest BCUT2D eigenvalue weighted by molar-refractivity contribution is 6.25. The van der Waals surface area contributed by atoms with Gasteiger partial charge in [0.1, 0.15) is 0 Å². The zero-order valence-electron chi connectivity index (χ0n) is 9.86. The summed E-state index contributed by atoms with van der Waals surface area (Å²) in [5.41, 5.74) is 0. The normalized spacial score (nSPS) is 11.6. The van der Waals surface area contributed by atoms with Crippen LogP contribution in [0.4, 0.5) is 4.11 Å². The highest BCUT2D eigenvalue weighted by Crippen LogP contribution is 2.11. The van der Waals surface area contributed by atoms with Crippen LogP contribution in [-0.4, -0.2) is 9.85 Å². The quantitative estimate of drug-likeness (QED) is 0.274. The molecular formula is C12H27FSi. The molecule has 0 radical (unpaired) electrons. The van der Waals surface area contributed by atoms with Crippen molar-refractivity contribution in [2.45, 2.75) is 77.2 Å². The Kier molecular flexibility index (Phi) is 13.3. The average molecular weight is 218 g/mol. The van der Waals surface area contributed by atoms with Crippen molar-refractivity contribution in [3.05, 3.63) is 0 Å². The van der Waals surface area contributed by atoms with E-state index < -0.39 is 9.85 Å². The van der Waals surface area contributed by atoms with Gasteiger partial charge in [0.15, 0.2) is 0 Å². The van der Waals surface area contributed by atoms with E-state index in [1.165, 1.54) is 57.8 Å². The Morgan fingerprint density at radius 3 is 1.57 bits per heavy atom. The van der Waals surface area contributed by atoms with E-state index in [0.717, 1.165) is 12.5 Å². The summed E-state index contributed by atoms with van der Waals surface area (Å²) < 4.78 is 11.9. The summed E-state index contributed by atoms with van der Waals surface area (Å²) in [4.78, 5) is 0. The molecule has 0 bridgehead atoms. The number of hydrogen-bond donors (Lipinski definition) is 0. The summed E-state index contributed by atoms with van der Waals surface area (Å²) in [6.07, 6.45) is 13.5. The summed E-state index contributed by atoms with van der Waals surface area (Å²) >= 11 is 0. The van der Waals surface area contributed by atoms with Crippen molar-refractivity contribution in [2.75, 3.05) is 0 Å². The molecule has 0 saturated carbocycles. The Hall–Kier alpha value is 0.147. The number of rotatable bonds is 11. The molecule has 0 rings (SSSR count). The smallest absolute Gasteiger partial charge is 0.216 e. The van der Waals surface area contributed by atoms with E-state index in [0.29, 0.717) is 0 Å². The molecule has 0 fully saturated rings. The number of halogens is 1. The summed E-state index contributed by atoms with van der Waals surface area (Å²) in [5.74, 6) is 0. The van der Waals surface area contributed by atoms with Crippen molar-refractivity contribution in [3.63, 3.8) is 0 Å². The SMILES string of the molecule is CCCCCCCCCCCC[SiH2]F. The van der Waals surface area contributed by atoms with Gasteiger partial charge in [0, 0.05) is 0 Å². The maximum absolute atomic E-state index is 11.9. The lowest BCUT2D eigenvalue weighted by molar-refractivity contribution is 0.561. The Bertz CT molecular complexity index is 84.3. The first-order chi connectivity index (χ1) is 6.91. The molecular weight excluding hydrogens is 191 g/mol. The lowest BCUT2D eigenvalue weighted by atomic mass is 10.1. The second-order valence-electron chi connectivity index (χ2n) is 4.22. The van der Waals surface area contributed by atoms with Crippen LogP contribution in [0.25, 0.3) is 0 Å². The van der Waals surface area contributed by atoms with E-state index in [2.05, 4.69) is 6.92 Å². The molecule has 0 aliphatic rings. The van der Waals surface area contributed by atoms with Gasteiger partial charge in [-0.3, -0.25) is 0 Å². The van der Waals surface area contributed by atoms with Gasteiger partial charge in [0.25, 0.3) is 0 Å². The molecule has 0 spiro atoms. The van der Waals surface area contributed by atoms with Crippen LogP contribution in [-0.2, 0) is 0 Å². The van der Waals surface area contributed by atoms with Gasteiger partial charge < -0.3 is 4.11 Å². The van der Waals surface area contributed by atoms with Crippen LogP contribution in [0.3, 0.4) is 0 Å². The van der Waals surface area contributed by atoms with Crippen molar-refractivity contribution in [1.82, 2.24) is 0 Å². The predicted molar refractivity (Wildman–Crippen MR) is 66.3 cm³/mol. The average Bonchev–Trinajstić information content (AvgIpc) is 2.21. The monoisotopic (exact) mass is 218 g/mol. The highest BCUT2D eigenvalue weighted by atomic mass is 28.3. The van der Waals surface area contributed by atoms with Crippen molar-refractivity contribution < 1.29 is 4.11 Å². The molecule has 0 saturated heterocycles. The lowest BCUT2D eigenvalue weighted by Gasteiger charge is -2.00. The molecule has 0 aliphatic heterocycles. The Morgan fingerprint density at radius 2 is 1.14 bits per heavy atom. The molecule has 0 unspecified atom stereocenters. The van der Waals surface area contributed by atoms with E-state index in [4.69, 9.17) is 0 Å². The van der Waals surface area contributed by atoms with Crippen LogP contribution in [0.1, 0.15) is 71.1 Å². The number of hydrogen-bond acceptors (Lipinski definition) is 0. The van der Waals surface area contributed by atoms with E-state index in [9.17, 15) is 4.11 Å². The van der Waals surface area contributed by atoms with Crippen LogP contribution < -0.4 is 0 Å². The predicted octanol–water partition coefficient (Wildman–Crippen LogP) is 4.38. The first kappa shape index (κ1) is 14.1. The van der Waals surface area contributed by atoms with Gasteiger partial charge in [-0.1, -0.05) is 71.1 Å². The topological polar surface area (TPSA) is 0 Å². The Morgan fingerprint density at radius 1 is 0.714 bits per heavy atom. The fraction of sp³-hybridized carbons (Fsp3) is 1.00. The highest BCUT2D eigenvalue weighted by Gasteiger charge is 1.92. The zero-order valence-corrected chi connectivity index (χ0v) is 11.3. The molecule has 14 heavy (non-hydrogen) atoms. The Labute approximate surface area is 91.7 Å². The first-order valence-corrected chi connectivity index (χ1v) is 8.01. The van der Waals surface area contributed by atoms with Crippen LogP contribution >= 0.6 is 0 Å². The second kappa shape index (κ2) is 13.1. The van der Waals surface area contributed by atoms with Gasteiger partial charge in [-0.25, -0.2) is 0 Å². The van der Waals surface area contributed by atoms with Gasteiger partial charge in [-0.05, 0) is 6.04 Å². The summed E-state index contributed by atoms with van der Waals surface area (Å²) in [6.45, 7) is 2.26. The van der Waals surface area contributed by atoms with E-state index in [1.807, 2.05) is 0 Å². The van der Waals surface area contributed by atoms with Crippen molar-refractivity contribution >= 4 is 9.85 Å². The van der Waals surface area contributed by atoms with E-state index in [1.54, 1.807) is 0 Å². The first-order valence-electron chi connectivity index (χ1n) is 6.47. The summed E-state index contributed by atoms with van der Waals surface area (Å²) in [7, 11) is -1.14. The van der Waals surface area contributed by atoms with Crippen molar-refractivity contribution in [1.29, 1.82) is 0 Å². The Balaban J connectivity index is 2.78. The zero-order chi connectivity index (χ0) is 10.5. The van der Waals surface area contributed by atoms with Crippen LogP contribution in [0.5, 0.6) is 0 Å². The molecule has 0 heterocycles. The number of unbranched alkanes of at least 4 members (excludes halogenated alkanes) is 9. The lowest BCUT2D eigenvalue weighted by Crippen LogP contribution is -1.83. The summed E-state index contributed by atoms with van der Waals surface area (Å²) in [5, 5.41) is 0. The minimum absolute atomic E-state index is 0.913. The fourth-order valence-corrected chi connectivity index (χ4v) is 2.30. The molecule has 0 atom stereocenters. The van der Waals surface area contributed by atoms with Crippen LogP contribution in [0.2, 0.25) is 6.04 Å². The van der Waals surface area contributed by atoms with Crippen molar-refractivity contribution in [2.24, 2.45) is 0 Å². The van der Waals surface area contributed by atoms with E-state index in [-0.39, 0.29) is 0 Å². The second-order valence-corrected chi connectivity index (χ2v) is 5.31. The van der Waals surface area contributed by atoms with Crippen molar-refractivity contribution in [3.8, 4) is 0 Å². The molecule has 0 aromatic rings. The van der Waals surface area contributed by atoms with Gasteiger partial charge in [-0.2, -0.15) is 0 Å². The van der Waals surface area contributed by atoms with Gasteiger partial charge in [0.05, 0.1) is 0 Å². The minimum Gasteiger partial charge on any atom is -0.323 e. The minimum atomic E-state index is -1.14. The van der Waals surface area contributed by atoms with Crippen LogP contribution in [0.15, 0.2) is 0 Å². The molecule has 2 heteroatoms. The van der Waals surface area contributed by atoms with E-state index >= 15 is 0 Å². The third-order valence-electron chi connectivity index (χ3n) is 2.74. The third kappa shape index (κ3) is 12.1. The summed E-state index contributed by atoms with van der Waals surface area (Å²) in [6, 6.07) is 0.913. The molecule has 0 aromatic heterocycles. The molecule has 0 aromatic carbocycles. The third-order valence-corrected chi connectivity index (χ3v) is 3.50. The van der Waals surface area contributed by atoms with Gasteiger partial charge in [-0.15, -0.1) is 0 Å². The van der Waals surface area contributed by atoms with Gasteiger partial charge >= 0.3 is 0 Å². The maximum Gasteiger partial charge on any atom is 0.216 e.